The van der Waals surface area contributed by atoms with E-state index in [0.29, 0.717) is 0 Å². The molecule has 1 aromatic heterocycles. The molecule has 0 aliphatic heterocycles. The SMILES string of the molecule is CC1=CCCC=C1Oc1ccncc1. The summed E-state index contributed by atoms with van der Waals surface area (Å²) in [6.45, 7) is 2.08. The van der Waals surface area contributed by atoms with Crippen molar-refractivity contribution in [2.75, 3.05) is 0 Å². The maximum absolute atomic E-state index is 5.72. The second-order valence-corrected chi connectivity index (χ2v) is 3.32. The van der Waals surface area contributed by atoms with Crippen LogP contribution in [0.4, 0.5) is 0 Å². The van der Waals surface area contributed by atoms with Crippen molar-refractivity contribution in [1.82, 2.24) is 4.98 Å². The van der Waals surface area contributed by atoms with Crippen molar-refractivity contribution in [1.29, 1.82) is 0 Å². The molecule has 0 saturated carbocycles. The number of hydrogen-bond acceptors (Lipinski definition) is 2. The van der Waals surface area contributed by atoms with Crippen molar-refractivity contribution in [2.45, 2.75) is 19.8 Å². The first-order valence-electron chi connectivity index (χ1n) is 4.81. The molecule has 0 atom stereocenters. The minimum absolute atomic E-state index is 0.848. The van der Waals surface area contributed by atoms with Gasteiger partial charge in [-0.25, -0.2) is 0 Å². The Bertz CT molecular complexity index is 365. The van der Waals surface area contributed by atoms with E-state index in [1.165, 1.54) is 5.57 Å². The molecule has 0 spiro atoms. The molecule has 1 heterocycles. The number of nitrogens with zero attached hydrogens (tertiary/aromatic N) is 1. The number of pyridine rings is 1. The molecule has 0 bridgehead atoms. The minimum atomic E-state index is 0.848. The highest BCUT2D eigenvalue weighted by Gasteiger charge is 2.06. The van der Waals surface area contributed by atoms with Gasteiger partial charge in [0.1, 0.15) is 11.5 Å². The first kappa shape index (κ1) is 9.00. The summed E-state index contributed by atoms with van der Waals surface area (Å²) >= 11 is 0. The standard InChI is InChI=1S/C12H13NO/c1-10-4-2-3-5-12(10)14-11-6-8-13-9-7-11/h4-9H,2-3H2,1H3. The first-order chi connectivity index (χ1) is 6.86. The highest BCUT2D eigenvalue weighted by atomic mass is 16.5. The molecular formula is C12H13NO. The third kappa shape index (κ3) is 2.02. The van der Waals surface area contributed by atoms with Gasteiger partial charge in [-0.1, -0.05) is 6.08 Å². The molecule has 72 valence electrons. The monoisotopic (exact) mass is 187 g/mol. The fraction of sp³-hybridized carbons (Fsp3) is 0.250. The molecule has 0 unspecified atom stereocenters. The Morgan fingerprint density at radius 2 is 1.86 bits per heavy atom. The zero-order valence-electron chi connectivity index (χ0n) is 8.23. The number of hydrogen-bond donors (Lipinski definition) is 0. The van der Waals surface area contributed by atoms with E-state index in [4.69, 9.17) is 4.74 Å². The van der Waals surface area contributed by atoms with Crippen molar-refractivity contribution in [3.63, 3.8) is 0 Å². The second-order valence-electron chi connectivity index (χ2n) is 3.32. The van der Waals surface area contributed by atoms with E-state index in [2.05, 4.69) is 24.1 Å². The van der Waals surface area contributed by atoms with Gasteiger partial charge in [0.25, 0.3) is 0 Å². The van der Waals surface area contributed by atoms with E-state index in [9.17, 15) is 0 Å². The van der Waals surface area contributed by atoms with Gasteiger partial charge in [0.15, 0.2) is 0 Å². The molecule has 0 fully saturated rings. The molecule has 0 radical (unpaired) electrons. The lowest BCUT2D eigenvalue weighted by Crippen LogP contribution is -2.00. The quantitative estimate of drug-likeness (QED) is 0.709. The summed E-state index contributed by atoms with van der Waals surface area (Å²) < 4.78 is 5.72. The molecule has 0 saturated heterocycles. The van der Waals surface area contributed by atoms with Gasteiger partial charge in [-0.2, -0.15) is 0 Å². The first-order valence-corrected chi connectivity index (χ1v) is 4.81. The third-order valence-electron chi connectivity index (χ3n) is 2.21. The summed E-state index contributed by atoms with van der Waals surface area (Å²) in [7, 11) is 0. The number of aromatic nitrogens is 1. The summed E-state index contributed by atoms with van der Waals surface area (Å²) in [6, 6.07) is 3.73. The fourth-order valence-corrected chi connectivity index (χ4v) is 1.43. The van der Waals surface area contributed by atoms with Crippen LogP contribution in [0.5, 0.6) is 5.75 Å². The molecule has 1 aromatic rings. The minimum Gasteiger partial charge on any atom is -0.457 e. The van der Waals surface area contributed by atoms with Gasteiger partial charge in [-0.15, -0.1) is 0 Å². The molecule has 0 N–H and O–H groups in total. The molecule has 2 heteroatoms. The number of allylic oxidation sites excluding steroid dienone is 3. The highest BCUT2D eigenvalue weighted by Crippen LogP contribution is 2.21. The maximum Gasteiger partial charge on any atom is 0.130 e. The lowest BCUT2D eigenvalue weighted by molar-refractivity contribution is 0.429. The number of ether oxygens (including phenoxy) is 1. The highest BCUT2D eigenvalue weighted by molar-refractivity contribution is 5.31. The van der Waals surface area contributed by atoms with Crippen LogP contribution in [0.15, 0.2) is 48.0 Å². The van der Waals surface area contributed by atoms with Gasteiger partial charge in [-0.05, 0) is 43.5 Å². The zero-order valence-corrected chi connectivity index (χ0v) is 8.23. The van der Waals surface area contributed by atoms with Crippen molar-refractivity contribution in [2.24, 2.45) is 0 Å². The van der Waals surface area contributed by atoms with Crippen molar-refractivity contribution in [3.05, 3.63) is 48.0 Å². The summed E-state index contributed by atoms with van der Waals surface area (Å²) in [5, 5.41) is 0. The Balaban J connectivity index is 2.12. The van der Waals surface area contributed by atoms with Crippen molar-refractivity contribution < 1.29 is 4.74 Å². The van der Waals surface area contributed by atoms with Gasteiger partial charge in [0.05, 0.1) is 0 Å². The van der Waals surface area contributed by atoms with Crippen LogP contribution in [-0.2, 0) is 0 Å². The van der Waals surface area contributed by atoms with Gasteiger partial charge >= 0.3 is 0 Å². The fourth-order valence-electron chi connectivity index (χ4n) is 1.43. The largest absolute Gasteiger partial charge is 0.457 e. The topological polar surface area (TPSA) is 22.1 Å². The van der Waals surface area contributed by atoms with E-state index in [1.807, 2.05) is 12.1 Å². The van der Waals surface area contributed by atoms with Gasteiger partial charge in [-0.3, -0.25) is 4.98 Å². The summed E-state index contributed by atoms with van der Waals surface area (Å²) in [4.78, 5) is 3.94. The average Bonchev–Trinajstić information content (AvgIpc) is 2.23. The number of rotatable bonds is 2. The van der Waals surface area contributed by atoms with Crippen LogP contribution < -0.4 is 4.74 Å². The van der Waals surface area contributed by atoms with Gasteiger partial charge < -0.3 is 4.74 Å². The van der Waals surface area contributed by atoms with Crippen LogP contribution in [-0.4, -0.2) is 4.98 Å². The molecule has 1 aliphatic rings. The van der Waals surface area contributed by atoms with E-state index in [1.54, 1.807) is 12.4 Å². The molecule has 0 aromatic carbocycles. The Hall–Kier alpha value is -1.57. The van der Waals surface area contributed by atoms with Crippen LogP contribution >= 0.6 is 0 Å². The zero-order chi connectivity index (χ0) is 9.80. The molecule has 2 nitrogen and oxygen atoms in total. The Labute approximate surface area is 83.9 Å². The molecule has 2 rings (SSSR count). The summed E-state index contributed by atoms with van der Waals surface area (Å²) in [5.41, 5.74) is 1.22. The maximum atomic E-state index is 5.72. The summed E-state index contributed by atoms with van der Waals surface area (Å²) in [5.74, 6) is 1.82. The average molecular weight is 187 g/mol. The molecule has 14 heavy (non-hydrogen) atoms. The van der Waals surface area contributed by atoms with Crippen LogP contribution in [0.2, 0.25) is 0 Å². The lowest BCUT2D eigenvalue weighted by atomic mass is 10.1. The normalized spacial score (nSPS) is 15.8. The predicted molar refractivity (Wildman–Crippen MR) is 55.9 cm³/mol. The lowest BCUT2D eigenvalue weighted by Gasteiger charge is -2.13. The van der Waals surface area contributed by atoms with E-state index in [-0.39, 0.29) is 0 Å². The van der Waals surface area contributed by atoms with Crippen LogP contribution in [0.1, 0.15) is 19.8 Å². The second kappa shape index (κ2) is 4.09. The van der Waals surface area contributed by atoms with Gasteiger partial charge in [0, 0.05) is 12.4 Å². The van der Waals surface area contributed by atoms with E-state index < -0.39 is 0 Å². The Morgan fingerprint density at radius 3 is 2.57 bits per heavy atom. The van der Waals surface area contributed by atoms with Crippen molar-refractivity contribution >= 4 is 0 Å². The third-order valence-corrected chi connectivity index (χ3v) is 2.21. The Morgan fingerprint density at radius 1 is 1.14 bits per heavy atom. The smallest absolute Gasteiger partial charge is 0.130 e. The molecule has 0 amide bonds. The molecule has 1 aliphatic carbocycles. The predicted octanol–water partition coefficient (Wildman–Crippen LogP) is 3.08. The van der Waals surface area contributed by atoms with Crippen LogP contribution in [0, 0.1) is 0 Å². The van der Waals surface area contributed by atoms with Crippen LogP contribution in [0.25, 0.3) is 0 Å². The van der Waals surface area contributed by atoms with Crippen molar-refractivity contribution in [3.8, 4) is 5.75 Å². The van der Waals surface area contributed by atoms with E-state index >= 15 is 0 Å². The van der Waals surface area contributed by atoms with E-state index in [0.717, 1.165) is 24.4 Å². The van der Waals surface area contributed by atoms with Crippen LogP contribution in [0.3, 0.4) is 0 Å². The summed E-state index contributed by atoms with van der Waals surface area (Å²) in [6.07, 6.45) is 9.99. The van der Waals surface area contributed by atoms with Gasteiger partial charge in [0.2, 0.25) is 0 Å². The molecular weight excluding hydrogens is 174 g/mol. The Kier molecular flexibility index (Phi) is 2.63.